The van der Waals surface area contributed by atoms with Crippen molar-refractivity contribution in [1.29, 1.82) is 0 Å². The highest BCUT2D eigenvalue weighted by atomic mass is 32.2. The average molecular weight is 419 g/mol. The molecule has 0 N–H and O–H groups in total. The van der Waals surface area contributed by atoms with E-state index in [9.17, 15) is 18.0 Å². The van der Waals surface area contributed by atoms with Crippen LogP contribution in [0.1, 0.15) is 36.7 Å². The summed E-state index contributed by atoms with van der Waals surface area (Å²) in [4.78, 5) is 23.9. The van der Waals surface area contributed by atoms with Gasteiger partial charge in [0.25, 0.3) is 10.0 Å². The maximum Gasteiger partial charge on any atom is 0.344 e. The first-order valence-electron chi connectivity index (χ1n) is 9.21. The third-order valence-corrected chi connectivity index (χ3v) is 6.06. The molecule has 0 fully saturated rings. The Morgan fingerprint density at radius 1 is 1.07 bits per heavy atom. The highest BCUT2D eigenvalue weighted by Crippen LogP contribution is 2.26. The maximum atomic E-state index is 13.2. The van der Waals surface area contributed by atoms with Crippen LogP contribution in [0.4, 0.5) is 5.69 Å². The number of sulfonamides is 1. The molecular formula is C21H25NO6S. The summed E-state index contributed by atoms with van der Waals surface area (Å²) in [6, 6.07) is 13.0. The van der Waals surface area contributed by atoms with Crippen LogP contribution < -0.4 is 4.31 Å². The van der Waals surface area contributed by atoms with Crippen LogP contribution in [0.5, 0.6) is 0 Å². The molecule has 156 valence electrons. The van der Waals surface area contributed by atoms with E-state index in [1.165, 1.54) is 22.5 Å². The van der Waals surface area contributed by atoms with Crippen molar-refractivity contribution in [1.82, 2.24) is 0 Å². The van der Waals surface area contributed by atoms with Crippen molar-refractivity contribution in [3.63, 3.8) is 0 Å². The van der Waals surface area contributed by atoms with Crippen LogP contribution in [0, 0.1) is 6.92 Å². The molecule has 0 radical (unpaired) electrons. The molecule has 2 rings (SSSR count). The molecule has 2 aromatic rings. The molecule has 0 aliphatic carbocycles. The van der Waals surface area contributed by atoms with Crippen molar-refractivity contribution < 1.29 is 27.5 Å². The Morgan fingerprint density at radius 3 is 2.31 bits per heavy atom. The topological polar surface area (TPSA) is 90.0 Å². The summed E-state index contributed by atoms with van der Waals surface area (Å²) in [5.41, 5.74) is 1.06. The zero-order chi connectivity index (χ0) is 21.6. The Balaban J connectivity index is 2.30. The van der Waals surface area contributed by atoms with Crippen LogP contribution >= 0.6 is 0 Å². The van der Waals surface area contributed by atoms with Gasteiger partial charge in [-0.05, 0) is 57.5 Å². The number of ether oxygens (including phenoxy) is 2. The molecule has 0 aliphatic heterocycles. The lowest BCUT2D eigenvalue weighted by atomic mass is 10.1. The van der Waals surface area contributed by atoms with Gasteiger partial charge in [0.05, 0.1) is 22.3 Å². The standard InChI is InChI=1S/C21H25NO6S/c1-5-22(18-9-7-6-8-10-18)29(25,26)19-13-17(12-11-16(19)4)21(24)27-14-20(23)28-15(2)3/h6-13,15H,5,14H2,1-4H3. The van der Waals surface area contributed by atoms with E-state index in [0.717, 1.165) is 0 Å². The van der Waals surface area contributed by atoms with Gasteiger partial charge in [-0.3, -0.25) is 4.31 Å². The number of carbonyl (C=O) groups is 2. The molecule has 0 saturated carbocycles. The fraction of sp³-hybridized carbons (Fsp3) is 0.333. The number of hydrogen-bond donors (Lipinski definition) is 0. The summed E-state index contributed by atoms with van der Waals surface area (Å²) in [6.07, 6.45) is -0.324. The SMILES string of the molecule is CCN(c1ccccc1)S(=O)(=O)c1cc(C(=O)OCC(=O)OC(C)C)ccc1C. The van der Waals surface area contributed by atoms with Gasteiger partial charge in [-0.2, -0.15) is 0 Å². The normalized spacial score (nSPS) is 11.2. The molecule has 0 heterocycles. The summed E-state index contributed by atoms with van der Waals surface area (Å²) in [5.74, 6) is -1.47. The maximum absolute atomic E-state index is 13.2. The summed E-state index contributed by atoms with van der Waals surface area (Å²) in [6.45, 7) is 6.44. The zero-order valence-corrected chi connectivity index (χ0v) is 17.7. The highest BCUT2D eigenvalue weighted by molar-refractivity contribution is 7.92. The summed E-state index contributed by atoms with van der Waals surface area (Å²) in [5, 5.41) is 0. The van der Waals surface area contributed by atoms with E-state index in [1.807, 2.05) is 0 Å². The Hall–Kier alpha value is -2.87. The highest BCUT2D eigenvalue weighted by Gasteiger charge is 2.26. The van der Waals surface area contributed by atoms with Gasteiger partial charge in [-0.15, -0.1) is 0 Å². The van der Waals surface area contributed by atoms with Crippen molar-refractivity contribution >= 4 is 27.6 Å². The Labute approximate surface area is 171 Å². The average Bonchev–Trinajstić information content (AvgIpc) is 2.67. The van der Waals surface area contributed by atoms with Gasteiger partial charge < -0.3 is 9.47 Å². The van der Waals surface area contributed by atoms with E-state index in [4.69, 9.17) is 9.47 Å². The van der Waals surface area contributed by atoms with Gasteiger partial charge in [-0.1, -0.05) is 24.3 Å². The first-order valence-corrected chi connectivity index (χ1v) is 10.7. The summed E-state index contributed by atoms with van der Waals surface area (Å²) in [7, 11) is -3.90. The number of nitrogens with zero attached hydrogens (tertiary/aromatic N) is 1. The van der Waals surface area contributed by atoms with Gasteiger partial charge in [0.2, 0.25) is 0 Å². The number of anilines is 1. The number of rotatable bonds is 8. The van der Waals surface area contributed by atoms with E-state index < -0.39 is 28.6 Å². The Kier molecular flexibility index (Phi) is 7.39. The summed E-state index contributed by atoms with van der Waals surface area (Å²) < 4.78 is 37.6. The second kappa shape index (κ2) is 9.56. The molecule has 0 amide bonds. The number of para-hydroxylation sites is 1. The van der Waals surface area contributed by atoms with Crippen LogP contribution in [0.2, 0.25) is 0 Å². The van der Waals surface area contributed by atoms with Crippen LogP contribution in [0.25, 0.3) is 0 Å². The molecule has 0 aliphatic rings. The second-order valence-corrected chi connectivity index (χ2v) is 8.43. The largest absolute Gasteiger partial charge is 0.460 e. The third kappa shape index (κ3) is 5.57. The van der Waals surface area contributed by atoms with E-state index in [0.29, 0.717) is 11.3 Å². The van der Waals surface area contributed by atoms with Gasteiger partial charge in [0, 0.05) is 6.54 Å². The minimum Gasteiger partial charge on any atom is -0.460 e. The quantitative estimate of drug-likeness (QED) is 0.610. The molecule has 0 bridgehead atoms. The summed E-state index contributed by atoms with van der Waals surface area (Å²) >= 11 is 0. The number of aryl methyl sites for hydroxylation is 1. The van der Waals surface area contributed by atoms with Crippen LogP contribution in [-0.4, -0.2) is 39.6 Å². The Morgan fingerprint density at radius 2 is 1.72 bits per heavy atom. The molecule has 0 unspecified atom stereocenters. The predicted molar refractivity (Wildman–Crippen MR) is 109 cm³/mol. The van der Waals surface area contributed by atoms with E-state index in [-0.39, 0.29) is 23.1 Å². The number of hydrogen-bond acceptors (Lipinski definition) is 6. The molecule has 8 heteroatoms. The number of benzene rings is 2. The number of esters is 2. The fourth-order valence-corrected chi connectivity index (χ4v) is 4.44. The molecule has 2 aromatic carbocycles. The van der Waals surface area contributed by atoms with Gasteiger partial charge in [0.15, 0.2) is 6.61 Å². The van der Waals surface area contributed by atoms with E-state index in [1.54, 1.807) is 58.0 Å². The molecule has 29 heavy (non-hydrogen) atoms. The van der Waals surface area contributed by atoms with Crippen molar-refractivity contribution in [2.24, 2.45) is 0 Å². The zero-order valence-electron chi connectivity index (χ0n) is 16.9. The van der Waals surface area contributed by atoms with Crippen molar-refractivity contribution in [2.75, 3.05) is 17.5 Å². The first kappa shape index (κ1) is 22.4. The molecule has 0 atom stereocenters. The molecular weight excluding hydrogens is 394 g/mol. The molecule has 0 aromatic heterocycles. The van der Waals surface area contributed by atoms with E-state index >= 15 is 0 Å². The second-order valence-electron chi connectivity index (χ2n) is 6.60. The lowest BCUT2D eigenvalue weighted by Gasteiger charge is -2.24. The van der Waals surface area contributed by atoms with Crippen LogP contribution in [0.3, 0.4) is 0 Å². The molecule has 7 nitrogen and oxygen atoms in total. The lowest BCUT2D eigenvalue weighted by molar-refractivity contribution is -0.150. The minimum absolute atomic E-state index is 0.00223. The predicted octanol–water partition coefficient (Wildman–Crippen LogP) is 3.32. The smallest absolute Gasteiger partial charge is 0.344 e. The van der Waals surface area contributed by atoms with Crippen molar-refractivity contribution in [3.05, 3.63) is 59.7 Å². The van der Waals surface area contributed by atoms with Crippen molar-refractivity contribution in [2.45, 2.75) is 38.7 Å². The van der Waals surface area contributed by atoms with Gasteiger partial charge >= 0.3 is 11.9 Å². The van der Waals surface area contributed by atoms with Gasteiger partial charge in [-0.25, -0.2) is 18.0 Å². The molecule has 0 spiro atoms. The van der Waals surface area contributed by atoms with E-state index in [2.05, 4.69) is 0 Å². The third-order valence-electron chi connectivity index (χ3n) is 4.01. The Bertz CT molecular complexity index is 970. The fourth-order valence-electron chi connectivity index (χ4n) is 2.71. The lowest BCUT2D eigenvalue weighted by Crippen LogP contribution is -2.31. The van der Waals surface area contributed by atoms with Crippen LogP contribution in [-0.2, 0) is 24.3 Å². The molecule has 0 saturated heterocycles. The minimum atomic E-state index is -3.90. The number of carbonyl (C=O) groups excluding carboxylic acids is 2. The first-order chi connectivity index (χ1) is 13.7. The van der Waals surface area contributed by atoms with Gasteiger partial charge in [0.1, 0.15) is 0 Å². The monoisotopic (exact) mass is 419 g/mol. The van der Waals surface area contributed by atoms with Crippen LogP contribution in [0.15, 0.2) is 53.4 Å². The van der Waals surface area contributed by atoms with Crippen molar-refractivity contribution in [3.8, 4) is 0 Å².